The number of aliphatic hydroxyl groups excluding tert-OH is 1. The maximum absolute atomic E-state index is 15.2. The van der Waals surface area contributed by atoms with E-state index < -0.39 is 35.4 Å². The van der Waals surface area contributed by atoms with E-state index in [1.807, 2.05) is 0 Å². The first-order valence-electron chi connectivity index (χ1n) is 13.5. The number of urea groups is 1. The predicted molar refractivity (Wildman–Crippen MR) is 154 cm³/mol. The molecule has 0 saturated carbocycles. The van der Waals surface area contributed by atoms with Crippen molar-refractivity contribution in [3.8, 4) is 11.5 Å². The highest BCUT2D eigenvalue weighted by molar-refractivity contribution is 6.23. The Morgan fingerprint density at radius 1 is 1.12 bits per heavy atom. The number of nitrogens with one attached hydrogen (secondary N) is 3. The van der Waals surface area contributed by atoms with E-state index in [1.165, 1.54) is 41.4 Å². The van der Waals surface area contributed by atoms with E-state index >= 15 is 4.39 Å². The summed E-state index contributed by atoms with van der Waals surface area (Å²) in [6.45, 7) is 4.91. The molecule has 224 valence electrons. The van der Waals surface area contributed by atoms with E-state index in [0.29, 0.717) is 16.9 Å². The zero-order valence-electron chi connectivity index (χ0n) is 23.5. The fraction of sp³-hybridized carbons (Fsp3) is 0.276. The maximum atomic E-state index is 15.2. The first-order valence-corrected chi connectivity index (χ1v) is 13.5. The molecule has 0 radical (unpaired) electrons. The molecule has 0 bridgehead atoms. The van der Waals surface area contributed by atoms with Crippen molar-refractivity contribution >= 4 is 46.1 Å². The predicted octanol–water partition coefficient (Wildman–Crippen LogP) is 4.25. The van der Waals surface area contributed by atoms with Gasteiger partial charge < -0.3 is 25.4 Å². The minimum absolute atomic E-state index is 0.0614. The summed E-state index contributed by atoms with van der Waals surface area (Å²) in [5, 5.41) is 22.3. The SMILES string of the molecule is CC(C)N1CC(C(=O)Nc2ccc(Oc3ccnc4[nH]nc(N[C@H](C)CO)c34)c(F)c2)C(=O)N(c2ccc(F)cc2)C1=O. The molecule has 4 aromatic rings. The third-order valence-electron chi connectivity index (χ3n) is 6.86. The van der Waals surface area contributed by atoms with Crippen LogP contribution in [0.1, 0.15) is 20.8 Å². The van der Waals surface area contributed by atoms with Crippen LogP contribution in [0.5, 0.6) is 11.5 Å². The van der Waals surface area contributed by atoms with Gasteiger partial charge >= 0.3 is 6.03 Å². The monoisotopic (exact) mass is 593 g/mol. The first kappa shape index (κ1) is 29.4. The Labute approximate surface area is 244 Å². The van der Waals surface area contributed by atoms with Crippen LogP contribution in [0.2, 0.25) is 0 Å². The molecule has 0 aliphatic carbocycles. The number of rotatable bonds is 9. The van der Waals surface area contributed by atoms with Crippen LogP contribution in [0, 0.1) is 17.6 Å². The summed E-state index contributed by atoms with van der Waals surface area (Å²) in [4.78, 5) is 46.1. The molecule has 0 spiro atoms. The number of aromatic nitrogens is 3. The van der Waals surface area contributed by atoms with E-state index in [9.17, 15) is 23.9 Å². The van der Waals surface area contributed by atoms with E-state index in [0.717, 1.165) is 23.1 Å². The van der Waals surface area contributed by atoms with Crippen molar-refractivity contribution in [3.05, 3.63) is 66.4 Å². The van der Waals surface area contributed by atoms with E-state index in [2.05, 4.69) is 25.8 Å². The number of carbonyl (C=O) groups excluding carboxylic acids is 3. The van der Waals surface area contributed by atoms with Gasteiger partial charge in [-0.25, -0.2) is 23.5 Å². The normalized spacial score (nSPS) is 16.1. The lowest BCUT2D eigenvalue weighted by Crippen LogP contribution is -2.61. The quantitative estimate of drug-likeness (QED) is 0.210. The molecule has 1 aliphatic rings. The van der Waals surface area contributed by atoms with Crippen LogP contribution in [-0.4, -0.2) is 68.3 Å². The second-order valence-corrected chi connectivity index (χ2v) is 10.3. The number of ether oxygens (including phenoxy) is 1. The molecule has 3 heterocycles. The number of H-pyrrole nitrogens is 1. The number of imide groups is 1. The van der Waals surface area contributed by atoms with Gasteiger partial charge in [0.1, 0.15) is 22.9 Å². The van der Waals surface area contributed by atoms with Crippen LogP contribution in [0.3, 0.4) is 0 Å². The number of pyridine rings is 1. The van der Waals surface area contributed by atoms with E-state index in [-0.39, 0.29) is 48.1 Å². The van der Waals surface area contributed by atoms with Gasteiger partial charge in [-0.3, -0.25) is 14.7 Å². The number of aliphatic hydroxyl groups is 1. The average molecular weight is 594 g/mol. The maximum Gasteiger partial charge on any atom is 0.331 e. The minimum Gasteiger partial charge on any atom is -0.453 e. The minimum atomic E-state index is -1.30. The summed E-state index contributed by atoms with van der Waals surface area (Å²) in [6.07, 6.45) is 1.46. The van der Waals surface area contributed by atoms with Crippen molar-refractivity contribution in [2.45, 2.75) is 32.9 Å². The third kappa shape index (κ3) is 5.95. The summed E-state index contributed by atoms with van der Waals surface area (Å²) in [5.74, 6) is -3.72. The van der Waals surface area contributed by atoms with Gasteiger partial charge in [-0.05, 0) is 57.2 Å². The van der Waals surface area contributed by atoms with Gasteiger partial charge in [0.25, 0.3) is 0 Å². The van der Waals surface area contributed by atoms with Gasteiger partial charge in [-0.15, -0.1) is 0 Å². The molecule has 4 N–H and O–H groups in total. The number of halogens is 2. The van der Waals surface area contributed by atoms with Gasteiger partial charge in [0.15, 0.2) is 23.0 Å². The van der Waals surface area contributed by atoms with Crippen LogP contribution in [0.25, 0.3) is 11.0 Å². The number of benzene rings is 2. The van der Waals surface area contributed by atoms with Crippen molar-refractivity contribution in [2.75, 3.05) is 28.7 Å². The van der Waals surface area contributed by atoms with Crippen LogP contribution < -0.4 is 20.3 Å². The molecular weight excluding hydrogens is 564 g/mol. The Hall–Kier alpha value is -5.11. The number of amides is 4. The highest BCUT2D eigenvalue weighted by atomic mass is 19.1. The number of hydrogen-bond acceptors (Lipinski definition) is 8. The lowest BCUT2D eigenvalue weighted by Gasteiger charge is -2.39. The molecule has 4 amide bonds. The number of hydrogen-bond donors (Lipinski definition) is 4. The Morgan fingerprint density at radius 3 is 2.53 bits per heavy atom. The smallest absolute Gasteiger partial charge is 0.331 e. The van der Waals surface area contributed by atoms with Crippen molar-refractivity contribution in [2.24, 2.45) is 5.92 Å². The molecule has 1 aliphatic heterocycles. The number of nitrogens with zero attached hydrogens (tertiary/aromatic N) is 4. The van der Waals surface area contributed by atoms with Crippen LogP contribution >= 0.6 is 0 Å². The van der Waals surface area contributed by atoms with Crippen molar-refractivity contribution in [1.82, 2.24) is 20.1 Å². The topological polar surface area (TPSA) is 153 Å². The zero-order valence-corrected chi connectivity index (χ0v) is 23.5. The molecule has 5 rings (SSSR count). The van der Waals surface area contributed by atoms with Gasteiger partial charge in [-0.2, -0.15) is 5.10 Å². The summed E-state index contributed by atoms with van der Waals surface area (Å²) < 4.78 is 34.5. The van der Waals surface area contributed by atoms with Crippen molar-refractivity contribution < 1.29 is 33.0 Å². The lowest BCUT2D eigenvalue weighted by atomic mass is 10.0. The summed E-state index contributed by atoms with van der Waals surface area (Å²) >= 11 is 0. The molecule has 14 heteroatoms. The van der Waals surface area contributed by atoms with Crippen LogP contribution in [0.15, 0.2) is 54.7 Å². The van der Waals surface area contributed by atoms with Crippen LogP contribution in [0.4, 0.5) is 30.8 Å². The summed E-state index contributed by atoms with van der Waals surface area (Å²) in [5.41, 5.74) is 0.570. The number of anilines is 3. The number of aromatic amines is 1. The molecular formula is C29H29F2N7O5. The van der Waals surface area contributed by atoms with Crippen LogP contribution in [-0.2, 0) is 9.59 Å². The van der Waals surface area contributed by atoms with E-state index in [1.54, 1.807) is 20.8 Å². The van der Waals surface area contributed by atoms with Crippen molar-refractivity contribution in [3.63, 3.8) is 0 Å². The molecule has 2 aromatic carbocycles. The Balaban J connectivity index is 1.36. The fourth-order valence-corrected chi connectivity index (χ4v) is 4.59. The number of carbonyl (C=O) groups is 3. The Bertz CT molecular complexity index is 1680. The second-order valence-electron chi connectivity index (χ2n) is 10.3. The second kappa shape index (κ2) is 12.0. The molecule has 12 nitrogen and oxygen atoms in total. The average Bonchev–Trinajstić information content (AvgIpc) is 3.38. The van der Waals surface area contributed by atoms with Gasteiger partial charge in [0.05, 0.1) is 12.3 Å². The molecule has 1 unspecified atom stereocenters. The van der Waals surface area contributed by atoms with Gasteiger partial charge in [-0.1, -0.05) is 0 Å². The molecule has 2 aromatic heterocycles. The standard InChI is InChI=1S/C29H29F2N7O5/c1-15(2)37-13-20(28(41)38(29(37)42)19-7-4-17(30)5-8-19)27(40)34-18-6-9-22(21(31)12-18)43-23-10-11-32-25-24(23)26(36-35-25)33-16(3)14-39/h4-12,15-16,20,39H,13-14H2,1-3H3,(H,34,40)(H2,32,33,35,36)/t16-,20?/m1/s1. The Morgan fingerprint density at radius 2 is 1.86 bits per heavy atom. The number of fused-ring (bicyclic) bond motifs is 1. The van der Waals surface area contributed by atoms with E-state index in [4.69, 9.17) is 4.74 Å². The summed E-state index contributed by atoms with van der Waals surface area (Å²) in [7, 11) is 0. The van der Waals surface area contributed by atoms with Gasteiger partial charge in [0.2, 0.25) is 11.8 Å². The largest absolute Gasteiger partial charge is 0.453 e. The highest BCUT2D eigenvalue weighted by Gasteiger charge is 2.44. The fourth-order valence-electron chi connectivity index (χ4n) is 4.59. The molecule has 43 heavy (non-hydrogen) atoms. The van der Waals surface area contributed by atoms with Gasteiger partial charge in [0, 0.05) is 42.6 Å². The molecule has 2 atom stereocenters. The third-order valence-corrected chi connectivity index (χ3v) is 6.86. The van der Waals surface area contributed by atoms with Crippen molar-refractivity contribution in [1.29, 1.82) is 0 Å². The first-order chi connectivity index (χ1) is 20.6. The molecule has 1 fully saturated rings. The summed E-state index contributed by atoms with van der Waals surface area (Å²) in [6, 6.07) is 8.81. The lowest BCUT2D eigenvalue weighted by molar-refractivity contribution is -0.132. The molecule has 1 saturated heterocycles. The zero-order chi connectivity index (χ0) is 30.8. The Kier molecular flexibility index (Phi) is 8.21. The highest BCUT2D eigenvalue weighted by Crippen LogP contribution is 2.35.